The van der Waals surface area contributed by atoms with Crippen LogP contribution < -0.4 is 10.1 Å². The molecule has 0 radical (unpaired) electrons. The highest BCUT2D eigenvalue weighted by Crippen LogP contribution is 2.24. The van der Waals surface area contributed by atoms with Gasteiger partial charge in [0.15, 0.2) is 0 Å². The van der Waals surface area contributed by atoms with Crippen LogP contribution in [0.15, 0.2) is 24.3 Å². The zero-order valence-corrected chi connectivity index (χ0v) is 12.9. The fourth-order valence-corrected chi connectivity index (χ4v) is 2.51. The summed E-state index contributed by atoms with van der Waals surface area (Å²) in [6.45, 7) is 7.29. The van der Waals surface area contributed by atoms with Crippen LogP contribution in [0.4, 0.5) is 5.69 Å². The van der Waals surface area contributed by atoms with Crippen molar-refractivity contribution >= 4 is 5.69 Å². The van der Waals surface area contributed by atoms with Crippen LogP contribution in [0.25, 0.3) is 0 Å². The molecule has 112 valence electrons. The Bertz CT molecular complexity index is 408. The molecular weight excluding hydrogens is 250 g/mol. The van der Waals surface area contributed by atoms with Gasteiger partial charge < -0.3 is 14.8 Å². The van der Waals surface area contributed by atoms with E-state index in [2.05, 4.69) is 44.3 Å². The largest absolute Gasteiger partial charge is 0.491 e. The van der Waals surface area contributed by atoms with Gasteiger partial charge in [0.2, 0.25) is 0 Å². The van der Waals surface area contributed by atoms with Gasteiger partial charge in [-0.05, 0) is 44.7 Å². The quantitative estimate of drug-likeness (QED) is 0.844. The molecule has 3 heteroatoms. The Morgan fingerprint density at radius 1 is 1.40 bits per heavy atom. The van der Waals surface area contributed by atoms with Gasteiger partial charge in [-0.1, -0.05) is 19.9 Å². The minimum Gasteiger partial charge on any atom is -0.491 e. The molecule has 0 amide bonds. The fourth-order valence-electron chi connectivity index (χ4n) is 2.51. The summed E-state index contributed by atoms with van der Waals surface area (Å²) in [6, 6.07) is 8.79. The van der Waals surface area contributed by atoms with E-state index in [0.29, 0.717) is 12.1 Å². The third-order valence-corrected chi connectivity index (χ3v) is 3.94. The van der Waals surface area contributed by atoms with Crippen LogP contribution in [0.3, 0.4) is 0 Å². The molecule has 3 nitrogen and oxygen atoms in total. The smallest absolute Gasteiger partial charge is 0.121 e. The van der Waals surface area contributed by atoms with Crippen LogP contribution >= 0.6 is 0 Å². The van der Waals surface area contributed by atoms with Crippen LogP contribution in [0.1, 0.15) is 46.5 Å². The van der Waals surface area contributed by atoms with Gasteiger partial charge in [-0.3, -0.25) is 0 Å². The summed E-state index contributed by atoms with van der Waals surface area (Å²) < 4.78 is 11.6. The van der Waals surface area contributed by atoms with E-state index in [1.165, 1.54) is 0 Å². The lowest BCUT2D eigenvalue weighted by molar-refractivity contribution is 0.00925. The molecule has 0 spiro atoms. The van der Waals surface area contributed by atoms with E-state index in [0.717, 1.165) is 43.7 Å². The van der Waals surface area contributed by atoms with Gasteiger partial charge >= 0.3 is 0 Å². The molecule has 1 fully saturated rings. The first-order chi connectivity index (χ1) is 9.71. The molecule has 1 N–H and O–H groups in total. The number of nitrogens with one attached hydrogen (secondary N) is 1. The highest BCUT2D eigenvalue weighted by molar-refractivity contribution is 5.49. The maximum atomic E-state index is 5.87. The molecule has 3 atom stereocenters. The van der Waals surface area contributed by atoms with Gasteiger partial charge in [-0.2, -0.15) is 0 Å². The third kappa shape index (κ3) is 4.41. The molecular formula is C17H27NO2. The van der Waals surface area contributed by atoms with E-state index in [1.54, 1.807) is 0 Å². The van der Waals surface area contributed by atoms with Crippen molar-refractivity contribution < 1.29 is 9.47 Å². The summed E-state index contributed by atoms with van der Waals surface area (Å²) in [5, 5.41) is 3.62. The maximum Gasteiger partial charge on any atom is 0.121 e. The van der Waals surface area contributed by atoms with Crippen LogP contribution in [0.2, 0.25) is 0 Å². The SMILES string of the molecule is CCC(C)Oc1cccc(NC2CCOC(CC)C2)c1. The summed E-state index contributed by atoms with van der Waals surface area (Å²) in [7, 11) is 0. The maximum absolute atomic E-state index is 5.87. The van der Waals surface area contributed by atoms with E-state index in [4.69, 9.17) is 9.47 Å². The fraction of sp³-hybridized carbons (Fsp3) is 0.647. The minimum absolute atomic E-state index is 0.262. The number of ether oxygens (including phenoxy) is 2. The van der Waals surface area contributed by atoms with Gasteiger partial charge in [0.1, 0.15) is 5.75 Å². The molecule has 0 aromatic heterocycles. The van der Waals surface area contributed by atoms with Crippen molar-refractivity contribution in [1.29, 1.82) is 0 Å². The highest BCUT2D eigenvalue weighted by Gasteiger charge is 2.21. The van der Waals surface area contributed by atoms with Crippen LogP contribution in [-0.4, -0.2) is 24.9 Å². The molecule has 20 heavy (non-hydrogen) atoms. The number of benzene rings is 1. The van der Waals surface area contributed by atoms with Crippen LogP contribution in [0.5, 0.6) is 5.75 Å². The van der Waals surface area contributed by atoms with Gasteiger partial charge in [-0.15, -0.1) is 0 Å². The van der Waals surface area contributed by atoms with Crippen molar-refractivity contribution in [3.05, 3.63) is 24.3 Å². The van der Waals surface area contributed by atoms with Gasteiger partial charge in [-0.25, -0.2) is 0 Å². The first kappa shape index (κ1) is 15.2. The predicted molar refractivity (Wildman–Crippen MR) is 83.5 cm³/mol. The highest BCUT2D eigenvalue weighted by atomic mass is 16.5. The van der Waals surface area contributed by atoms with Gasteiger partial charge in [0.25, 0.3) is 0 Å². The number of rotatable bonds is 6. The summed E-state index contributed by atoms with van der Waals surface area (Å²) in [5.74, 6) is 0.948. The normalized spacial score (nSPS) is 24.1. The number of hydrogen-bond acceptors (Lipinski definition) is 3. The average molecular weight is 277 g/mol. The molecule has 0 saturated carbocycles. The number of hydrogen-bond donors (Lipinski definition) is 1. The van der Waals surface area contributed by atoms with E-state index in [1.807, 2.05) is 6.07 Å². The Labute approximate surface area is 122 Å². The monoisotopic (exact) mass is 277 g/mol. The summed E-state index contributed by atoms with van der Waals surface area (Å²) in [6.07, 6.45) is 4.95. The van der Waals surface area contributed by atoms with Crippen molar-refractivity contribution in [2.45, 2.75) is 64.7 Å². The van der Waals surface area contributed by atoms with Crippen molar-refractivity contribution in [2.75, 3.05) is 11.9 Å². The van der Waals surface area contributed by atoms with Crippen molar-refractivity contribution in [3.63, 3.8) is 0 Å². The Balaban J connectivity index is 1.93. The van der Waals surface area contributed by atoms with Crippen molar-refractivity contribution in [3.8, 4) is 5.75 Å². The van der Waals surface area contributed by atoms with Crippen molar-refractivity contribution in [2.24, 2.45) is 0 Å². The van der Waals surface area contributed by atoms with E-state index < -0.39 is 0 Å². The van der Waals surface area contributed by atoms with E-state index in [9.17, 15) is 0 Å². The molecule has 1 aromatic rings. The Kier molecular flexibility index (Phi) is 5.72. The molecule has 0 aliphatic carbocycles. The molecule has 1 aromatic carbocycles. The van der Waals surface area contributed by atoms with E-state index in [-0.39, 0.29) is 6.10 Å². The number of anilines is 1. The molecule has 3 unspecified atom stereocenters. The van der Waals surface area contributed by atoms with Gasteiger partial charge in [0.05, 0.1) is 12.2 Å². The van der Waals surface area contributed by atoms with E-state index >= 15 is 0 Å². The molecule has 1 aliphatic rings. The first-order valence-corrected chi connectivity index (χ1v) is 7.86. The standard InChI is InChI=1S/C17H27NO2/c1-4-13(3)20-17-8-6-7-14(12-17)18-15-9-10-19-16(5-2)11-15/h6-8,12-13,15-16,18H,4-5,9-11H2,1-3H3. The zero-order valence-electron chi connectivity index (χ0n) is 12.9. The first-order valence-electron chi connectivity index (χ1n) is 7.86. The Morgan fingerprint density at radius 3 is 3.00 bits per heavy atom. The molecule has 0 bridgehead atoms. The lowest BCUT2D eigenvalue weighted by Crippen LogP contribution is -2.33. The second-order valence-corrected chi connectivity index (χ2v) is 5.63. The third-order valence-electron chi connectivity index (χ3n) is 3.94. The molecule has 1 heterocycles. The second-order valence-electron chi connectivity index (χ2n) is 5.63. The second kappa shape index (κ2) is 7.53. The van der Waals surface area contributed by atoms with Crippen molar-refractivity contribution in [1.82, 2.24) is 0 Å². The summed E-state index contributed by atoms with van der Waals surface area (Å²) >= 11 is 0. The van der Waals surface area contributed by atoms with Gasteiger partial charge in [0, 0.05) is 24.4 Å². The average Bonchev–Trinajstić information content (AvgIpc) is 2.47. The predicted octanol–water partition coefficient (Wildman–Crippen LogP) is 4.23. The topological polar surface area (TPSA) is 30.5 Å². The summed E-state index contributed by atoms with van der Waals surface area (Å²) in [4.78, 5) is 0. The van der Waals surface area contributed by atoms with Crippen LogP contribution in [-0.2, 0) is 4.74 Å². The van der Waals surface area contributed by atoms with Crippen LogP contribution in [0, 0.1) is 0 Å². The minimum atomic E-state index is 0.262. The lowest BCUT2D eigenvalue weighted by Gasteiger charge is -2.30. The molecule has 1 saturated heterocycles. The summed E-state index contributed by atoms with van der Waals surface area (Å²) in [5.41, 5.74) is 1.15. The zero-order chi connectivity index (χ0) is 14.4. The molecule has 2 rings (SSSR count). The molecule has 1 aliphatic heterocycles. The Hall–Kier alpha value is -1.22. The Morgan fingerprint density at radius 2 is 2.25 bits per heavy atom. The lowest BCUT2D eigenvalue weighted by atomic mass is 10.0.